The number of thiophene rings is 1. The van der Waals surface area contributed by atoms with Crippen LogP contribution in [0.1, 0.15) is 40.4 Å². The molecule has 0 aromatic carbocycles. The lowest BCUT2D eigenvalue weighted by Crippen LogP contribution is -2.55. The van der Waals surface area contributed by atoms with Gasteiger partial charge < -0.3 is 10.2 Å². The smallest absolute Gasteiger partial charge is 0.264 e. The molecule has 1 aromatic heterocycles. The second kappa shape index (κ2) is 5.74. The lowest BCUT2D eigenvalue weighted by Gasteiger charge is -2.32. The Bertz CT molecular complexity index is 496. The first kappa shape index (κ1) is 14.1. The lowest BCUT2D eigenvalue weighted by molar-refractivity contribution is -0.127. The molecule has 1 N–H and O–H groups in total. The number of aryl methyl sites for hydroxylation is 2. The summed E-state index contributed by atoms with van der Waals surface area (Å²) in [6, 6.07) is 1.61. The van der Waals surface area contributed by atoms with Crippen LogP contribution < -0.4 is 5.32 Å². The molecule has 104 valence electrons. The van der Waals surface area contributed by atoms with E-state index in [4.69, 9.17) is 0 Å². The van der Waals surface area contributed by atoms with E-state index in [9.17, 15) is 9.59 Å². The summed E-state index contributed by atoms with van der Waals surface area (Å²) in [6.07, 6.45) is 2.08. The Morgan fingerprint density at radius 1 is 1.58 bits per heavy atom. The zero-order chi connectivity index (χ0) is 14.0. The van der Waals surface area contributed by atoms with Crippen LogP contribution in [0, 0.1) is 6.92 Å². The van der Waals surface area contributed by atoms with Crippen molar-refractivity contribution in [3.8, 4) is 0 Å². The topological polar surface area (TPSA) is 49.4 Å². The van der Waals surface area contributed by atoms with Gasteiger partial charge in [-0.05, 0) is 31.9 Å². The Labute approximate surface area is 117 Å². The Hall–Kier alpha value is -1.36. The maximum atomic E-state index is 12.5. The van der Waals surface area contributed by atoms with Crippen molar-refractivity contribution in [3.05, 3.63) is 21.4 Å². The molecule has 0 spiro atoms. The summed E-state index contributed by atoms with van der Waals surface area (Å²) in [5, 5.41) is 2.78. The molecule has 2 rings (SSSR count). The van der Waals surface area contributed by atoms with Gasteiger partial charge in [0.05, 0.1) is 4.88 Å². The monoisotopic (exact) mass is 280 g/mol. The van der Waals surface area contributed by atoms with Gasteiger partial charge in [-0.2, -0.15) is 0 Å². The number of hydrogen-bond donors (Lipinski definition) is 1. The minimum Gasteiger partial charge on any atom is -0.353 e. The van der Waals surface area contributed by atoms with Crippen LogP contribution in [0.5, 0.6) is 0 Å². The lowest BCUT2D eigenvalue weighted by atomic mass is 10.1. The molecule has 19 heavy (non-hydrogen) atoms. The summed E-state index contributed by atoms with van der Waals surface area (Å²) < 4.78 is 0. The first-order valence-corrected chi connectivity index (χ1v) is 7.54. The first-order chi connectivity index (χ1) is 9.04. The second-order valence-electron chi connectivity index (χ2n) is 4.91. The van der Waals surface area contributed by atoms with Crippen molar-refractivity contribution in [3.63, 3.8) is 0 Å². The quantitative estimate of drug-likeness (QED) is 0.920. The van der Waals surface area contributed by atoms with Gasteiger partial charge in [-0.15, -0.1) is 11.3 Å². The van der Waals surface area contributed by atoms with E-state index in [0.29, 0.717) is 13.1 Å². The number of carbonyl (C=O) groups is 2. The molecule has 4 nitrogen and oxygen atoms in total. The van der Waals surface area contributed by atoms with Gasteiger partial charge in [0.25, 0.3) is 5.91 Å². The fraction of sp³-hybridized carbons (Fsp3) is 0.571. The van der Waals surface area contributed by atoms with Crippen molar-refractivity contribution >= 4 is 23.2 Å². The van der Waals surface area contributed by atoms with Crippen LogP contribution >= 0.6 is 11.3 Å². The molecule has 1 fully saturated rings. The van der Waals surface area contributed by atoms with E-state index in [1.54, 1.807) is 11.8 Å². The van der Waals surface area contributed by atoms with Crippen molar-refractivity contribution in [2.45, 2.75) is 39.7 Å². The summed E-state index contributed by atoms with van der Waals surface area (Å²) in [4.78, 5) is 27.7. The van der Waals surface area contributed by atoms with Crippen LogP contribution in [-0.2, 0) is 11.2 Å². The van der Waals surface area contributed by atoms with Gasteiger partial charge in [0.1, 0.15) is 6.04 Å². The molecule has 0 bridgehead atoms. The largest absolute Gasteiger partial charge is 0.353 e. The van der Waals surface area contributed by atoms with Crippen molar-refractivity contribution in [2.24, 2.45) is 0 Å². The summed E-state index contributed by atoms with van der Waals surface area (Å²) in [6.45, 7) is 7.10. The third-order valence-electron chi connectivity index (χ3n) is 3.51. The van der Waals surface area contributed by atoms with Gasteiger partial charge in [0.2, 0.25) is 5.91 Å². The van der Waals surface area contributed by atoms with Crippen molar-refractivity contribution < 1.29 is 9.59 Å². The van der Waals surface area contributed by atoms with E-state index >= 15 is 0 Å². The Morgan fingerprint density at radius 2 is 2.32 bits per heavy atom. The molecular formula is C14H20N2O2S. The van der Waals surface area contributed by atoms with E-state index in [0.717, 1.165) is 17.7 Å². The standard InChI is InChI=1S/C14H20N2O2S/c1-4-5-11-8-12(19-10(11)3)14(18)16-7-6-15-13(17)9(16)2/h8-9H,4-7H2,1-3H3,(H,15,17). The van der Waals surface area contributed by atoms with Crippen molar-refractivity contribution in [1.82, 2.24) is 10.2 Å². The molecule has 0 aliphatic carbocycles. The van der Waals surface area contributed by atoms with E-state index in [-0.39, 0.29) is 17.9 Å². The highest BCUT2D eigenvalue weighted by atomic mass is 32.1. The minimum atomic E-state index is -0.377. The molecular weight excluding hydrogens is 260 g/mol. The summed E-state index contributed by atoms with van der Waals surface area (Å²) in [7, 11) is 0. The van der Waals surface area contributed by atoms with Crippen LogP contribution in [0.4, 0.5) is 0 Å². The van der Waals surface area contributed by atoms with Crippen LogP contribution in [0.25, 0.3) is 0 Å². The number of piperazine rings is 1. The van der Waals surface area contributed by atoms with Crippen molar-refractivity contribution in [1.29, 1.82) is 0 Å². The molecule has 1 unspecified atom stereocenters. The highest BCUT2D eigenvalue weighted by molar-refractivity contribution is 7.14. The Morgan fingerprint density at radius 3 is 3.00 bits per heavy atom. The minimum absolute atomic E-state index is 0.0159. The van der Waals surface area contributed by atoms with Gasteiger partial charge in [-0.3, -0.25) is 9.59 Å². The van der Waals surface area contributed by atoms with E-state index in [2.05, 4.69) is 19.2 Å². The van der Waals surface area contributed by atoms with E-state index in [1.807, 2.05) is 6.07 Å². The summed E-state index contributed by atoms with van der Waals surface area (Å²) in [5.74, 6) is -0.0838. The van der Waals surface area contributed by atoms with Gasteiger partial charge in [0.15, 0.2) is 0 Å². The normalized spacial score (nSPS) is 19.4. The average Bonchev–Trinajstić information content (AvgIpc) is 2.74. The number of rotatable bonds is 3. The van der Waals surface area contributed by atoms with Gasteiger partial charge in [0, 0.05) is 18.0 Å². The highest BCUT2D eigenvalue weighted by Gasteiger charge is 2.30. The molecule has 1 aliphatic rings. The van der Waals surface area contributed by atoms with Crippen molar-refractivity contribution in [2.75, 3.05) is 13.1 Å². The molecule has 1 aliphatic heterocycles. The number of nitrogens with one attached hydrogen (secondary N) is 1. The van der Waals surface area contributed by atoms with Gasteiger partial charge in [-0.25, -0.2) is 0 Å². The van der Waals surface area contributed by atoms with E-state index < -0.39 is 0 Å². The molecule has 2 heterocycles. The molecule has 1 atom stereocenters. The highest BCUT2D eigenvalue weighted by Crippen LogP contribution is 2.25. The number of carbonyl (C=O) groups excluding carboxylic acids is 2. The third-order valence-corrected chi connectivity index (χ3v) is 4.59. The molecule has 5 heteroatoms. The maximum Gasteiger partial charge on any atom is 0.264 e. The molecule has 0 radical (unpaired) electrons. The molecule has 0 saturated carbocycles. The molecule has 1 saturated heterocycles. The van der Waals surface area contributed by atoms with E-state index in [1.165, 1.54) is 21.8 Å². The Balaban J connectivity index is 2.19. The average molecular weight is 280 g/mol. The number of nitrogens with zero attached hydrogens (tertiary/aromatic N) is 1. The predicted octanol–water partition coefficient (Wildman–Crippen LogP) is 1.97. The van der Waals surface area contributed by atoms with Gasteiger partial charge >= 0.3 is 0 Å². The number of hydrogen-bond acceptors (Lipinski definition) is 3. The van der Waals surface area contributed by atoms with Crippen LogP contribution in [-0.4, -0.2) is 35.8 Å². The zero-order valence-corrected chi connectivity index (χ0v) is 12.5. The zero-order valence-electron chi connectivity index (χ0n) is 11.7. The maximum absolute atomic E-state index is 12.5. The Kier molecular flexibility index (Phi) is 4.24. The number of amides is 2. The van der Waals surface area contributed by atoms with Crippen LogP contribution in [0.3, 0.4) is 0 Å². The molecule has 1 aromatic rings. The second-order valence-corrected chi connectivity index (χ2v) is 6.16. The summed E-state index contributed by atoms with van der Waals surface area (Å²) >= 11 is 1.54. The van der Waals surface area contributed by atoms with Crippen LogP contribution in [0.15, 0.2) is 6.07 Å². The first-order valence-electron chi connectivity index (χ1n) is 6.72. The van der Waals surface area contributed by atoms with Crippen LogP contribution in [0.2, 0.25) is 0 Å². The SMILES string of the molecule is CCCc1cc(C(=O)N2CCNC(=O)C2C)sc1C. The molecule has 2 amide bonds. The fourth-order valence-corrected chi connectivity index (χ4v) is 3.37. The predicted molar refractivity (Wildman–Crippen MR) is 76.6 cm³/mol. The third kappa shape index (κ3) is 2.81. The summed E-state index contributed by atoms with van der Waals surface area (Å²) in [5.41, 5.74) is 1.25. The fourth-order valence-electron chi connectivity index (χ4n) is 2.34. The van der Waals surface area contributed by atoms with Gasteiger partial charge in [-0.1, -0.05) is 13.3 Å².